The van der Waals surface area contributed by atoms with Crippen molar-refractivity contribution in [2.24, 2.45) is 0 Å². The molecule has 24 heavy (non-hydrogen) atoms. The minimum absolute atomic E-state index is 0.188. The van der Waals surface area contributed by atoms with E-state index in [9.17, 15) is 4.79 Å². The van der Waals surface area contributed by atoms with E-state index in [0.29, 0.717) is 6.42 Å². The number of anilines is 1. The summed E-state index contributed by atoms with van der Waals surface area (Å²) in [6.45, 7) is 3.13. The maximum absolute atomic E-state index is 12.5. The number of hydrogen-bond donors (Lipinski definition) is 0. The van der Waals surface area contributed by atoms with Crippen LogP contribution >= 0.6 is 15.9 Å². The van der Waals surface area contributed by atoms with Crippen LogP contribution in [0.15, 0.2) is 53.0 Å². The zero-order valence-corrected chi connectivity index (χ0v) is 15.3. The van der Waals surface area contributed by atoms with Crippen molar-refractivity contribution in [2.75, 3.05) is 38.2 Å². The van der Waals surface area contributed by atoms with E-state index in [2.05, 4.69) is 26.9 Å². The number of halogens is 1. The SMILES string of the molecule is COc1ccccc1N1CCN(C(=O)Cc2cccc(Br)c2)CC1. The number of para-hydroxylation sites is 2. The van der Waals surface area contributed by atoms with Gasteiger partial charge in [0.15, 0.2) is 0 Å². The molecular weight excluding hydrogens is 368 g/mol. The van der Waals surface area contributed by atoms with Crippen LogP contribution in [0, 0.1) is 0 Å². The summed E-state index contributed by atoms with van der Waals surface area (Å²) in [6, 6.07) is 16.0. The number of nitrogens with zero attached hydrogens (tertiary/aromatic N) is 2. The second kappa shape index (κ2) is 7.71. The first-order valence-corrected chi connectivity index (χ1v) is 8.87. The van der Waals surface area contributed by atoms with Crippen molar-refractivity contribution in [2.45, 2.75) is 6.42 Å². The Kier molecular flexibility index (Phi) is 5.41. The predicted molar refractivity (Wildman–Crippen MR) is 99.6 cm³/mol. The first kappa shape index (κ1) is 16.8. The molecule has 3 rings (SSSR count). The van der Waals surface area contributed by atoms with Gasteiger partial charge in [-0.15, -0.1) is 0 Å². The number of benzene rings is 2. The summed E-state index contributed by atoms with van der Waals surface area (Å²) < 4.78 is 6.44. The third-order valence-corrected chi connectivity index (χ3v) is 4.80. The first-order valence-electron chi connectivity index (χ1n) is 8.07. The summed E-state index contributed by atoms with van der Waals surface area (Å²) in [5, 5.41) is 0. The predicted octanol–water partition coefficient (Wildman–Crippen LogP) is 3.35. The van der Waals surface area contributed by atoms with Crippen LogP contribution in [0.4, 0.5) is 5.69 Å². The lowest BCUT2D eigenvalue weighted by atomic mass is 10.1. The highest BCUT2D eigenvalue weighted by Gasteiger charge is 2.22. The van der Waals surface area contributed by atoms with Gasteiger partial charge in [-0.2, -0.15) is 0 Å². The maximum atomic E-state index is 12.5. The molecule has 126 valence electrons. The molecule has 0 spiro atoms. The summed E-state index contributed by atoms with van der Waals surface area (Å²) in [4.78, 5) is 16.7. The second-order valence-electron chi connectivity index (χ2n) is 5.85. The van der Waals surface area contributed by atoms with Crippen LogP contribution in [0.3, 0.4) is 0 Å². The average Bonchev–Trinajstić information content (AvgIpc) is 2.62. The number of carbonyl (C=O) groups is 1. The molecule has 0 atom stereocenters. The number of ether oxygens (including phenoxy) is 1. The smallest absolute Gasteiger partial charge is 0.227 e. The maximum Gasteiger partial charge on any atom is 0.227 e. The number of hydrogen-bond acceptors (Lipinski definition) is 3. The largest absolute Gasteiger partial charge is 0.495 e. The van der Waals surface area contributed by atoms with E-state index in [4.69, 9.17) is 4.74 Å². The molecule has 0 saturated carbocycles. The Morgan fingerprint density at radius 3 is 2.54 bits per heavy atom. The lowest BCUT2D eigenvalue weighted by molar-refractivity contribution is -0.130. The van der Waals surface area contributed by atoms with Crippen molar-refractivity contribution in [3.8, 4) is 5.75 Å². The highest BCUT2D eigenvalue weighted by molar-refractivity contribution is 9.10. The molecule has 0 radical (unpaired) electrons. The molecule has 0 N–H and O–H groups in total. The highest BCUT2D eigenvalue weighted by atomic mass is 79.9. The summed E-state index contributed by atoms with van der Waals surface area (Å²) in [7, 11) is 1.69. The van der Waals surface area contributed by atoms with Gasteiger partial charge in [-0.1, -0.05) is 40.2 Å². The molecule has 1 aliphatic heterocycles. The zero-order valence-electron chi connectivity index (χ0n) is 13.7. The first-order chi connectivity index (χ1) is 11.7. The molecule has 1 amide bonds. The Bertz CT molecular complexity index is 712. The van der Waals surface area contributed by atoms with Crippen LogP contribution in [0.1, 0.15) is 5.56 Å². The van der Waals surface area contributed by atoms with Gasteiger partial charge < -0.3 is 14.5 Å². The van der Waals surface area contributed by atoms with Gasteiger partial charge in [0.2, 0.25) is 5.91 Å². The minimum Gasteiger partial charge on any atom is -0.495 e. The van der Waals surface area contributed by atoms with Crippen molar-refractivity contribution < 1.29 is 9.53 Å². The topological polar surface area (TPSA) is 32.8 Å². The molecule has 0 aromatic heterocycles. The molecule has 1 heterocycles. The molecule has 1 aliphatic rings. The summed E-state index contributed by atoms with van der Waals surface area (Å²) in [5.74, 6) is 1.07. The van der Waals surface area contributed by atoms with E-state index in [1.54, 1.807) is 7.11 Å². The standard InChI is InChI=1S/C19H21BrN2O2/c1-24-18-8-3-2-7-17(18)21-9-11-22(12-10-21)19(23)14-15-5-4-6-16(20)13-15/h2-8,13H,9-12,14H2,1H3. The Labute approximate surface area is 151 Å². The van der Waals surface area contributed by atoms with Crippen molar-refractivity contribution >= 4 is 27.5 Å². The Morgan fingerprint density at radius 2 is 1.83 bits per heavy atom. The molecule has 4 nitrogen and oxygen atoms in total. The van der Waals surface area contributed by atoms with Gasteiger partial charge in [0.25, 0.3) is 0 Å². The number of rotatable bonds is 4. The van der Waals surface area contributed by atoms with Crippen molar-refractivity contribution in [1.29, 1.82) is 0 Å². The van der Waals surface area contributed by atoms with Gasteiger partial charge in [0.1, 0.15) is 5.75 Å². The summed E-state index contributed by atoms with van der Waals surface area (Å²) >= 11 is 3.45. The molecule has 1 saturated heterocycles. The molecule has 2 aromatic carbocycles. The van der Waals surface area contributed by atoms with Gasteiger partial charge in [-0.3, -0.25) is 4.79 Å². The second-order valence-corrected chi connectivity index (χ2v) is 6.76. The van der Waals surface area contributed by atoms with Gasteiger partial charge >= 0.3 is 0 Å². The third-order valence-electron chi connectivity index (χ3n) is 4.30. The van der Waals surface area contributed by atoms with Gasteiger partial charge in [0, 0.05) is 30.7 Å². The third kappa shape index (κ3) is 3.90. The van der Waals surface area contributed by atoms with Crippen molar-refractivity contribution in [1.82, 2.24) is 4.90 Å². The molecule has 1 fully saturated rings. The quantitative estimate of drug-likeness (QED) is 0.804. The molecular formula is C19H21BrN2O2. The molecule has 0 aliphatic carbocycles. The van der Waals surface area contributed by atoms with Crippen molar-refractivity contribution in [3.05, 3.63) is 58.6 Å². The van der Waals surface area contributed by atoms with E-state index in [0.717, 1.165) is 47.7 Å². The monoisotopic (exact) mass is 388 g/mol. The fraction of sp³-hybridized carbons (Fsp3) is 0.316. The Hall–Kier alpha value is -2.01. The van der Waals surface area contributed by atoms with Crippen LogP contribution in [-0.2, 0) is 11.2 Å². The van der Waals surface area contributed by atoms with Crippen LogP contribution in [-0.4, -0.2) is 44.1 Å². The van der Waals surface area contributed by atoms with Crippen LogP contribution in [0.5, 0.6) is 5.75 Å². The Balaban J connectivity index is 1.59. The molecule has 5 heteroatoms. The van der Waals surface area contributed by atoms with Crippen LogP contribution in [0.25, 0.3) is 0 Å². The van der Waals surface area contributed by atoms with Crippen molar-refractivity contribution in [3.63, 3.8) is 0 Å². The van der Waals surface area contributed by atoms with E-state index >= 15 is 0 Å². The van der Waals surface area contributed by atoms with E-state index in [1.165, 1.54) is 0 Å². The van der Waals surface area contributed by atoms with Crippen LogP contribution < -0.4 is 9.64 Å². The number of carbonyl (C=O) groups excluding carboxylic acids is 1. The summed E-state index contributed by atoms with van der Waals surface area (Å²) in [6.07, 6.45) is 0.452. The highest BCUT2D eigenvalue weighted by Crippen LogP contribution is 2.28. The lowest BCUT2D eigenvalue weighted by Gasteiger charge is -2.36. The van der Waals surface area contributed by atoms with Crippen LogP contribution in [0.2, 0.25) is 0 Å². The van der Waals surface area contributed by atoms with E-state index in [-0.39, 0.29) is 5.91 Å². The van der Waals surface area contributed by atoms with Gasteiger partial charge in [0.05, 0.1) is 19.2 Å². The Morgan fingerprint density at radius 1 is 1.08 bits per heavy atom. The lowest BCUT2D eigenvalue weighted by Crippen LogP contribution is -2.49. The minimum atomic E-state index is 0.188. The molecule has 2 aromatic rings. The molecule has 0 unspecified atom stereocenters. The average molecular weight is 389 g/mol. The normalized spacial score (nSPS) is 14.6. The van der Waals surface area contributed by atoms with Gasteiger partial charge in [-0.25, -0.2) is 0 Å². The number of methoxy groups -OCH3 is 1. The molecule has 0 bridgehead atoms. The fourth-order valence-corrected chi connectivity index (χ4v) is 3.47. The number of amides is 1. The van der Waals surface area contributed by atoms with E-state index < -0.39 is 0 Å². The van der Waals surface area contributed by atoms with E-state index in [1.807, 2.05) is 47.4 Å². The zero-order chi connectivity index (χ0) is 16.9. The fourth-order valence-electron chi connectivity index (χ4n) is 3.02. The summed E-state index contributed by atoms with van der Waals surface area (Å²) in [5.41, 5.74) is 2.14. The number of piperazine rings is 1. The van der Waals surface area contributed by atoms with Gasteiger partial charge in [-0.05, 0) is 29.8 Å².